The first-order valence-electron chi connectivity index (χ1n) is 6.13. The highest BCUT2D eigenvalue weighted by molar-refractivity contribution is 14.1. The molecule has 0 amide bonds. The van der Waals surface area contributed by atoms with Crippen molar-refractivity contribution in [2.24, 2.45) is 0 Å². The molecule has 0 saturated carbocycles. The molecule has 2 aromatic carbocycles. The fraction of sp³-hybridized carbons (Fsp3) is 0.200. The van der Waals surface area contributed by atoms with Crippen molar-refractivity contribution in [3.63, 3.8) is 0 Å². The molecule has 2 rings (SSSR count). The average Bonchev–Trinajstić information content (AvgIpc) is 2.30. The van der Waals surface area contributed by atoms with E-state index in [0.717, 1.165) is 20.7 Å². The first-order chi connectivity index (χ1) is 9.04. The van der Waals surface area contributed by atoms with Gasteiger partial charge in [0.1, 0.15) is 5.75 Å². The van der Waals surface area contributed by atoms with Crippen molar-refractivity contribution in [1.82, 2.24) is 0 Å². The standard InChI is InChI=1S/C15H17IN2O/c1-10(2)19-13-8-11(17)7-12(9-13)18-15-6-4-3-5-14(15)16/h3-10,18H,17H2,1-2H3. The van der Waals surface area contributed by atoms with E-state index in [1.54, 1.807) is 0 Å². The molecule has 4 heteroatoms. The quantitative estimate of drug-likeness (QED) is 0.621. The fourth-order valence-corrected chi connectivity index (χ4v) is 2.27. The molecule has 0 fully saturated rings. The second-order valence-corrected chi connectivity index (χ2v) is 5.72. The summed E-state index contributed by atoms with van der Waals surface area (Å²) in [6.45, 7) is 3.99. The van der Waals surface area contributed by atoms with E-state index in [4.69, 9.17) is 10.5 Å². The zero-order valence-corrected chi connectivity index (χ0v) is 13.1. The largest absolute Gasteiger partial charge is 0.491 e. The third kappa shape index (κ3) is 4.02. The number of halogens is 1. The Morgan fingerprint density at radius 3 is 2.58 bits per heavy atom. The van der Waals surface area contributed by atoms with Crippen molar-refractivity contribution in [2.45, 2.75) is 20.0 Å². The summed E-state index contributed by atoms with van der Waals surface area (Å²) < 4.78 is 6.84. The normalized spacial score (nSPS) is 10.5. The van der Waals surface area contributed by atoms with Crippen molar-refractivity contribution >= 4 is 39.7 Å². The van der Waals surface area contributed by atoms with Crippen LogP contribution in [0.25, 0.3) is 0 Å². The van der Waals surface area contributed by atoms with Gasteiger partial charge in [-0.3, -0.25) is 0 Å². The molecule has 0 aliphatic rings. The summed E-state index contributed by atoms with van der Waals surface area (Å²) in [5, 5.41) is 3.36. The third-order valence-electron chi connectivity index (χ3n) is 2.45. The Bertz CT molecular complexity index is 570. The predicted octanol–water partition coefficient (Wildman–Crippen LogP) is 4.40. The molecule has 19 heavy (non-hydrogen) atoms. The summed E-state index contributed by atoms with van der Waals surface area (Å²) in [6.07, 6.45) is 0.131. The number of anilines is 3. The van der Waals surface area contributed by atoms with Crippen molar-refractivity contribution in [3.8, 4) is 5.75 Å². The van der Waals surface area contributed by atoms with Crippen molar-refractivity contribution in [2.75, 3.05) is 11.1 Å². The zero-order chi connectivity index (χ0) is 13.8. The molecule has 0 aliphatic carbocycles. The van der Waals surface area contributed by atoms with Crippen LogP contribution in [0, 0.1) is 3.57 Å². The molecule has 0 radical (unpaired) electrons. The van der Waals surface area contributed by atoms with Gasteiger partial charge in [-0.25, -0.2) is 0 Å². The summed E-state index contributed by atoms with van der Waals surface area (Å²) in [5.41, 5.74) is 8.58. The van der Waals surface area contributed by atoms with E-state index in [1.165, 1.54) is 0 Å². The van der Waals surface area contributed by atoms with Gasteiger partial charge in [0.25, 0.3) is 0 Å². The molecule has 2 aromatic rings. The van der Waals surface area contributed by atoms with Gasteiger partial charge in [-0.2, -0.15) is 0 Å². The maximum atomic E-state index is 5.90. The van der Waals surface area contributed by atoms with E-state index >= 15 is 0 Å². The highest BCUT2D eigenvalue weighted by Gasteiger charge is 2.04. The Kier molecular flexibility index (Phi) is 4.52. The van der Waals surface area contributed by atoms with Crippen LogP contribution in [0.2, 0.25) is 0 Å². The predicted molar refractivity (Wildman–Crippen MR) is 89.1 cm³/mol. The molecule has 0 aromatic heterocycles. The maximum Gasteiger partial charge on any atom is 0.123 e. The monoisotopic (exact) mass is 368 g/mol. The van der Waals surface area contributed by atoms with Crippen LogP contribution in [-0.4, -0.2) is 6.10 Å². The highest BCUT2D eigenvalue weighted by atomic mass is 127. The first-order valence-corrected chi connectivity index (χ1v) is 7.21. The lowest BCUT2D eigenvalue weighted by Gasteiger charge is -2.14. The number of ether oxygens (including phenoxy) is 1. The minimum Gasteiger partial charge on any atom is -0.491 e. The maximum absolute atomic E-state index is 5.90. The van der Waals surface area contributed by atoms with Gasteiger partial charge in [0, 0.05) is 27.1 Å². The van der Waals surface area contributed by atoms with Crippen molar-refractivity contribution < 1.29 is 4.74 Å². The van der Waals surface area contributed by atoms with Crippen LogP contribution in [0.3, 0.4) is 0 Å². The molecule has 0 spiro atoms. The number of hydrogen-bond acceptors (Lipinski definition) is 3. The number of hydrogen-bond donors (Lipinski definition) is 2. The molecule has 3 N–H and O–H groups in total. The zero-order valence-electron chi connectivity index (χ0n) is 11.0. The van der Waals surface area contributed by atoms with Crippen molar-refractivity contribution in [3.05, 3.63) is 46.0 Å². The lowest BCUT2D eigenvalue weighted by atomic mass is 10.2. The summed E-state index contributed by atoms with van der Waals surface area (Å²) >= 11 is 2.30. The summed E-state index contributed by atoms with van der Waals surface area (Å²) in [7, 11) is 0. The Labute approximate surface area is 127 Å². The lowest BCUT2D eigenvalue weighted by Crippen LogP contribution is -2.06. The number of nitrogen functional groups attached to an aromatic ring is 1. The molecule has 100 valence electrons. The van der Waals surface area contributed by atoms with Gasteiger partial charge in [0.2, 0.25) is 0 Å². The lowest BCUT2D eigenvalue weighted by molar-refractivity contribution is 0.242. The molecule has 0 saturated heterocycles. The minimum absolute atomic E-state index is 0.131. The number of para-hydroxylation sites is 1. The second kappa shape index (κ2) is 6.14. The Balaban J connectivity index is 2.25. The fourth-order valence-electron chi connectivity index (χ4n) is 1.75. The molecular formula is C15H17IN2O. The number of nitrogens with one attached hydrogen (secondary N) is 1. The van der Waals surface area contributed by atoms with Gasteiger partial charge in [-0.1, -0.05) is 12.1 Å². The van der Waals surface area contributed by atoms with E-state index in [9.17, 15) is 0 Å². The topological polar surface area (TPSA) is 47.3 Å². The molecule has 0 bridgehead atoms. The first kappa shape index (κ1) is 14.0. The minimum atomic E-state index is 0.131. The molecule has 0 heterocycles. The average molecular weight is 368 g/mol. The van der Waals surface area contributed by atoms with Gasteiger partial charge in [0.05, 0.1) is 11.8 Å². The van der Waals surface area contributed by atoms with Crippen LogP contribution >= 0.6 is 22.6 Å². The van der Waals surface area contributed by atoms with Gasteiger partial charge in [0.15, 0.2) is 0 Å². The van der Waals surface area contributed by atoms with Crippen LogP contribution < -0.4 is 15.8 Å². The van der Waals surface area contributed by atoms with Gasteiger partial charge >= 0.3 is 0 Å². The van der Waals surface area contributed by atoms with Crippen LogP contribution in [0.15, 0.2) is 42.5 Å². The van der Waals surface area contributed by atoms with Crippen LogP contribution in [-0.2, 0) is 0 Å². The van der Waals surface area contributed by atoms with E-state index in [2.05, 4.69) is 34.0 Å². The number of benzene rings is 2. The molecule has 0 atom stereocenters. The van der Waals surface area contributed by atoms with Crippen LogP contribution in [0.5, 0.6) is 5.75 Å². The third-order valence-corrected chi connectivity index (χ3v) is 3.39. The SMILES string of the molecule is CC(C)Oc1cc(N)cc(Nc2ccccc2I)c1. The van der Waals surface area contributed by atoms with Gasteiger partial charge in [-0.15, -0.1) is 0 Å². The molecular weight excluding hydrogens is 351 g/mol. The Morgan fingerprint density at radius 1 is 1.16 bits per heavy atom. The summed E-state index contributed by atoms with van der Waals surface area (Å²) in [4.78, 5) is 0. The smallest absolute Gasteiger partial charge is 0.123 e. The van der Waals surface area contributed by atoms with Crippen LogP contribution in [0.1, 0.15) is 13.8 Å². The summed E-state index contributed by atoms with van der Waals surface area (Å²) in [6, 6.07) is 13.8. The number of nitrogens with two attached hydrogens (primary N) is 1. The number of rotatable bonds is 4. The molecule has 3 nitrogen and oxygen atoms in total. The van der Waals surface area contributed by atoms with Gasteiger partial charge < -0.3 is 15.8 Å². The van der Waals surface area contributed by atoms with Gasteiger partial charge in [-0.05, 0) is 54.6 Å². The summed E-state index contributed by atoms with van der Waals surface area (Å²) in [5.74, 6) is 0.781. The van der Waals surface area contributed by atoms with E-state index < -0.39 is 0 Å². The van der Waals surface area contributed by atoms with Crippen molar-refractivity contribution in [1.29, 1.82) is 0 Å². The second-order valence-electron chi connectivity index (χ2n) is 4.56. The molecule has 0 unspecified atom stereocenters. The Hall–Kier alpha value is -1.43. The Morgan fingerprint density at radius 2 is 1.89 bits per heavy atom. The van der Waals surface area contributed by atoms with E-state index in [1.807, 2.05) is 50.2 Å². The van der Waals surface area contributed by atoms with Crippen LogP contribution in [0.4, 0.5) is 17.1 Å². The highest BCUT2D eigenvalue weighted by Crippen LogP contribution is 2.28. The molecule has 0 aliphatic heterocycles. The van der Waals surface area contributed by atoms with E-state index in [0.29, 0.717) is 5.69 Å². The van der Waals surface area contributed by atoms with E-state index in [-0.39, 0.29) is 6.10 Å².